The van der Waals surface area contributed by atoms with Gasteiger partial charge in [0.15, 0.2) is 4.77 Å². The van der Waals surface area contributed by atoms with Crippen LogP contribution in [0.3, 0.4) is 0 Å². The van der Waals surface area contributed by atoms with Crippen LogP contribution in [0.1, 0.15) is 23.2 Å². The molecule has 0 saturated carbocycles. The molecule has 2 N–H and O–H groups in total. The maximum atomic E-state index is 12.2. The summed E-state index contributed by atoms with van der Waals surface area (Å²) in [6.07, 6.45) is 0.613. The fraction of sp³-hybridized carbons (Fsp3) is 0.286. The molecule has 0 fully saturated rings. The summed E-state index contributed by atoms with van der Waals surface area (Å²) in [4.78, 5) is 17.7. The first-order chi connectivity index (χ1) is 11.6. The van der Waals surface area contributed by atoms with Crippen LogP contribution in [0.15, 0.2) is 21.3 Å². The predicted molar refractivity (Wildman–Crippen MR) is 102 cm³/mol. The second kappa shape index (κ2) is 7.68. The Bertz CT molecular complexity index is 910. The highest BCUT2D eigenvalue weighted by atomic mass is 79.9. The number of carbonyl (C=O) groups is 1. The van der Waals surface area contributed by atoms with E-state index in [-0.39, 0.29) is 5.91 Å². The minimum absolute atomic E-state index is 0.176. The lowest BCUT2D eigenvalue weighted by Crippen LogP contribution is -2.26. The smallest absolute Gasteiger partial charge is 0.270 e. The molecule has 0 aliphatic rings. The minimum atomic E-state index is -0.176. The molecule has 0 spiro atoms. The van der Waals surface area contributed by atoms with E-state index in [1.54, 1.807) is 16.7 Å². The van der Waals surface area contributed by atoms with Crippen LogP contribution in [-0.4, -0.2) is 32.2 Å². The van der Waals surface area contributed by atoms with Crippen molar-refractivity contribution >= 4 is 56.7 Å². The molecule has 0 aromatic carbocycles. The first kappa shape index (κ1) is 17.5. The Morgan fingerprint density at radius 1 is 1.46 bits per heavy atom. The van der Waals surface area contributed by atoms with Gasteiger partial charge in [-0.15, -0.1) is 22.7 Å². The van der Waals surface area contributed by atoms with Gasteiger partial charge >= 0.3 is 0 Å². The Balaban J connectivity index is 1.59. The second-order valence-corrected chi connectivity index (χ2v) is 7.93. The second-order valence-electron chi connectivity index (χ2n) is 4.86. The Morgan fingerprint density at radius 2 is 2.29 bits per heavy atom. The minimum Gasteiger partial charge on any atom is -0.350 e. The van der Waals surface area contributed by atoms with Crippen molar-refractivity contribution in [2.45, 2.75) is 19.9 Å². The molecule has 3 rings (SSSR count). The summed E-state index contributed by atoms with van der Waals surface area (Å²) < 4.78 is 3.54. The number of carbonyl (C=O) groups excluding carboxylic acids is 1. The summed E-state index contributed by atoms with van der Waals surface area (Å²) >= 11 is 11.6. The zero-order valence-corrected chi connectivity index (χ0v) is 16.7. The zero-order chi connectivity index (χ0) is 17.1. The van der Waals surface area contributed by atoms with Gasteiger partial charge in [-0.3, -0.25) is 9.89 Å². The molecule has 24 heavy (non-hydrogen) atoms. The quantitative estimate of drug-likeness (QED) is 0.566. The zero-order valence-electron chi connectivity index (χ0n) is 12.7. The van der Waals surface area contributed by atoms with E-state index in [2.05, 4.69) is 36.4 Å². The third kappa shape index (κ3) is 3.82. The van der Waals surface area contributed by atoms with Crippen molar-refractivity contribution in [1.82, 2.24) is 25.1 Å². The molecule has 0 aliphatic carbocycles. The van der Waals surface area contributed by atoms with Crippen molar-refractivity contribution in [3.05, 3.63) is 37.6 Å². The average molecular weight is 444 g/mol. The summed E-state index contributed by atoms with van der Waals surface area (Å²) in [5.41, 5.74) is 0.439. The van der Waals surface area contributed by atoms with Crippen molar-refractivity contribution in [3.8, 4) is 9.88 Å². The van der Waals surface area contributed by atoms with E-state index in [4.69, 9.17) is 12.2 Å². The maximum Gasteiger partial charge on any atom is 0.270 e. The molecule has 3 heterocycles. The van der Waals surface area contributed by atoms with Gasteiger partial charge < -0.3 is 9.88 Å². The average Bonchev–Trinajstić information content (AvgIpc) is 3.27. The Morgan fingerprint density at radius 3 is 3.00 bits per heavy atom. The van der Waals surface area contributed by atoms with Gasteiger partial charge in [0.05, 0.1) is 4.88 Å². The molecule has 0 bridgehead atoms. The fourth-order valence-corrected chi connectivity index (χ4v) is 4.75. The molecule has 3 aromatic heterocycles. The van der Waals surface area contributed by atoms with Gasteiger partial charge in [-0.1, -0.05) is 0 Å². The van der Waals surface area contributed by atoms with Crippen LogP contribution in [0.2, 0.25) is 0 Å². The molecule has 3 aromatic rings. The van der Waals surface area contributed by atoms with E-state index >= 15 is 0 Å². The number of nitrogens with one attached hydrogen (secondary N) is 2. The Kier molecular flexibility index (Phi) is 5.59. The van der Waals surface area contributed by atoms with Gasteiger partial charge in [-0.05, 0) is 41.1 Å². The number of aromatic nitrogens is 4. The van der Waals surface area contributed by atoms with Crippen molar-refractivity contribution < 1.29 is 4.79 Å². The van der Waals surface area contributed by atoms with Gasteiger partial charge in [-0.25, -0.2) is 4.98 Å². The van der Waals surface area contributed by atoms with Crippen molar-refractivity contribution in [2.24, 2.45) is 0 Å². The van der Waals surface area contributed by atoms with E-state index in [1.165, 1.54) is 11.3 Å². The molecule has 0 atom stereocenters. The highest BCUT2D eigenvalue weighted by Crippen LogP contribution is 2.31. The SMILES string of the molecule is CCn1c(CCNC(=O)c2csc(-c3cc(Br)cs3)n2)n[nH]c1=S. The van der Waals surface area contributed by atoms with Gasteiger partial charge in [0, 0.05) is 34.7 Å². The number of hydrogen-bond acceptors (Lipinski definition) is 6. The number of aromatic amines is 1. The molecule has 0 unspecified atom stereocenters. The number of halogens is 1. The summed E-state index contributed by atoms with van der Waals surface area (Å²) in [5, 5.41) is 14.5. The van der Waals surface area contributed by atoms with Crippen LogP contribution >= 0.6 is 50.8 Å². The van der Waals surface area contributed by atoms with Crippen LogP contribution in [0.5, 0.6) is 0 Å². The number of amides is 1. The normalized spacial score (nSPS) is 10.9. The summed E-state index contributed by atoms with van der Waals surface area (Å²) in [6.45, 7) is 3.24. The summed E-state index contributed by atoms with van der Waals surface area (Å²) in [5.74, 6) is 0.663. The molecular weight excluding hydrogens is 430 g/mol. The number of hydrogen-bond donors (Lipinski definition) is 2. The standard InChI is InChI=1S/C14H14BrN5OS3/c1-2-20-11(18-19-14(20)22)3-4-16-12(21)9-7-24-13(17-9)10-5-8(15)6-23-10/h5-7H,2-4H2,1H3,(H,16,21)(H,19,22). The molecule has 1 amide bonds. The lowest BCUT2D eigenvalue weighted by atomic mass is 10.3. The monoisotopic (exact) mass is 443 g/mol. The molecule has 10 heteroatoms. The van der Waals surface area contributed by atoms with E-state index < -0.39 is 0 Å². The van der Waals surface area contributed by atoms with Crippen LogP contribution in [0.4, 0.5) is 0 Å². The molecular formula is C14H14BrN5OS3. The van der Waals surface area contributed by atoms with E-state index in [0.717, 1.165) is 26.7 Å². The fourth-order valence-electron chi connectivity index (χ4n) is 2.16. The van der Waals surface area contributed by atoms with Gasteiger partial charge in [0.1, 0.15) is 16.5 Å². The van der Waals surface area contributed by atoms with Crippen molar-refractivity contribution in [3.63, 3.8) is 0 Å². The summed E-state index contributed by atoms with van der Waals surface area (Å²) in [6, 6.07) is 2.00. The first-order valence-electron chi connectivity index (χ1n) is 7.20. The predicted octanol–water partition coefficient (Wildman–Crippen LogP) is 3.88. The largest absolute Gasteiger partial charge is 0.350 e. The Hall–Kier alpha value is -1.36. The van der Waals surface area contributed by atoms with Gasteiger partial charge in [-0.2, -0.15) is 5.10 Å². The van der Waals surface area contributed by atoms with Gasteiger partial charge in [0.2, 0.25) is 0 Å². The number of thiazole rings is 1. The first-order valence-corrected chi connectivity index (χ1v) is 10.2. The third-order valence-electron chi connectivity index (χ3n) is 3.30. The number of thiophene rings is 1. The molecule has 0 aliphatic heterocycles. The summed E-state index contributed by atoms with van der Waals surface area (Å²) in [7, 11) is 0. The van der Waals surface area contributed by atoms with Crippen molar-refractivity contribution in [1.29, 1.82) is 0 Å². The Labute approximate surface area is 160 Å². The van der Waals surface area contributed by atoms with Crippen LogP contribution in [0.25, 0.3) is 9.88 Å². The maximum absolute atomic E-state index is 12.2. The van der Waals surface area contributed by atoms with Gasteiger partial charge in [0.25, 0.3) is 5.91 Å². The van der Waals surface area contributed by atoms with Crippen molar-refractivity contribution in [2.75, 3.05) is 6.54 Å². The highest BCUT2D eigenvalue weighted by molar-refractivity contribution is 9.10. The lowest BCUT2D eigenvalue weighted by molar-refractivity contribution is 0.0949. The molecule has 6 nitrogen and oxygen atoms in total. The molecule has 0 saturated heterocycles. The van der Waals surface area contributed by atoms with E-state index in [1.807, 2.05) is 22.9 Å². The lowest BCUT2D eigenvalue weighted by Gasteiger charge is -2.04. The molecule has 0 radical (unpaired) electrons. The van der Waals surface area contributed by atoms with E-state index in [9.17, 15) is 4.79 Å². The molecule has 126 valence electrons. The highest BCUT2D eigenvalue weighted by Gasteiger charge is 2.13. The van der Waals surface area contributed by atoms with Crippen LogP contribution in [0, 0.1) is 4.77 Å². The van der Waals surface area contributed by atoms with Crippen LogP contribution in [-0.2, 0) is 13.0 Å². The third-order valence-corrected chi connectivity index (χ3v) is 6.32. The van der Waals surface area contributed by atoms with E-state index in [0.29, 0.717) is 23.4 Å². The van der Waals surface area contributed by atoms with Crippen LogP contribution < -0.4 is 5.32 Å². The number of nitrogens with zero attached hydrogens (tertiary/aromatic N) is 3. The number of rotatable bonds is 6. The topological polar surface area (TPSA) is 75.6 Å². The number of H-pyrrole nitrogens is 1.